The second kappa shape index (κ2) is 11.3. The van der Waals surface area contributed by atoms with E-state index in [4.69, 9.17) is 17.0 Å². The van der Waals surface area contributed by atoms with E-state index >= 15 is 0 Å². The average molecular weight is 543 g/mol. The summed E-state index contributed by atoms with van der Waals surface area (Å²) in [6.07, 6.45) is 3.75. The first-order valence-electron chi connectivity index (χ1n) is 12.3. The third kappa shape index (κ3) is 5.43. The molecule has 2 aromatic heterocycles. The first-order chi connectivity index (χ1) is 19.0. The van der Waals surface area contributed by atoms with Crippen LogP contribution in [0.3, 0.4) is 0 Å². The van der Waals surface area contributed by atoms with Gasteiger partial charge in [-0.05, 0) is 54.7 Å². The van der Waals surface area contributed by atoms with Crippen LogP contribution in [0.15, 0.2) is 91.3 Å². The zero-order valence-electron chi connectivity index (χ0n) is 21.1. The van der Waals surface area contributed by atoms with Crippen LogP contribution in [-0.2, 0) is 4.79 Å². The molecule has 1 aliphatic rings. The minimum Gasteiger partial charge on any atom is -0.495 e. The predicted molar refractivity (Wildman–Crippen MR) is 151 cm³/mol. The van der Waals surface area contributed by atoms with E-state index < -0.39 is 4.92 Å². The summed E-state index contributed by atoms with van der Waals surface area (Å²) in [7, 11) is 1.55. The minimum atomic E-state index is -0.414. The molecule has 1 aliphatic heterocycles. The van der Waals surface area contributed by atoms with Gasteiger partial charge in [-0.15, -0.1) is 0 Å². The number of anilines is 1. The summed E-state index contributed by atoms with van der Waals surface area (Å²) in [4.78, 5) is 30.5. The van der Waals surface area contributed by atoms with E-state index in [-0.39, 0.29) is 30.1 Å². The van der Waals surface area contributed by atoms with Crippen LogP contribution in [0.4, 0.5) is 11.4 Å². The molecule has 5 rings (SSSR count). The molecule has 0 bridgehead atoms. The third-order valence-corrected chi connectivity index (χ3v) is 6.91. The fraction of sp³-hybridized carbons (Fsp3) is 0.179. The average Bonchev–Trinajstić information content (AvgIpc) is 3.57. The molecule has 0 unspecified atom stereocenters. The Morgan fingerprint density at radius 1 is 1.13 bits per heavy atom. The van der Waals surface area contributed by atoms with Crippen molar-refractivity contribution < 1.29 is 14.5 Å². The van der Waals surface area contributed by atoms with Crippen LogP contribution in [0.1, 0.15) is 29.9 Å². The first-order valence-corrected chi connectivity index (χ1v) is 12.7. The summed E-state index contributed by atoms with van der Waals surface area (Å²) >= 11 is 5.74. The number of thiocarbonyl (C=S) groups is 1. The molecule has 1 fully saturated rings. The zero-order valence-corrected chi connectivity index (χ0v) is 21.9. The van der Waals surface area contributed by atoms with Crippen molar-refractivity contribution in [3.05, 3.63) is 113 Å². The van der Waals surface area contributed by atoms with E-state index in [1.54, 1.807) is 31.5 Å². The largest absolute Gasteiger partial charge is 0.495 e. The zero-order chi connectivity index (χ0) is 27.4. The number of para-hydroxylation sites is 2. The van der Waals surface area contributed by atoms with Gasteiger partial charge in [0.25, 0.3) is 5.69 Å². The van der Waals surface area contributed by atoms with Gasteiger partial charge in [-0.2, -0.15) is 0 Å². The number of aromatic nitrogens is 2. The van der Waals surface area contributed by atoms with E-state index in [1.807, 2.05) is 64.2 Å². The highest BCUT2D eigenvalue weighted by Gasteiger charge is 2.41. The number of amides is 1. The maximum atomic E-state index is 12.9. The fourth-order valence-corrected chi connectivity index (χ4v) is 5.11. The first kappa shape index (κ1) is 25.9. The molecular weight excluding hydrogens is 516 g/mol. The van der Waals surface area contributed by atoms with Crippen LogP contribution < -0.4 is 15.4 Å². The summed E-state index contributed by atoms with van der Waals surface area (Å²) in [5.74, 6) is 0.392. The molecule has 0 saturated carbocycles. The van der Waals surface area contributed by atoms with Gasteiger partial charge in [-0.3, -0.25) is 19.9 Å². The number of carbonyl (C=O) groups excluding carboxylic acids is 1. The monoisotopic (exact) mass is 542 g/mol. The Labute approximate surface area is 230 Å². The van der Waals surface area contributed by atoms with Gasteiger partial charge in [-0.1, -0.05) is 24.3 Å². The molecule has 1 saturated heterocycles. The maximum absolute atomic E-state index is 12.9. The lowest BCUT2D eigenvalue weighted by atomic mass is 10.0. The number of nitro benzene ring substituents is 1. The summed E-state index contributed by atoms with van der Waals surface area (Å²) in [5.41, 5.74) is 2.88. The number of nitrogens with zero attached hydrogens (tertiary/aromatic N) is 4. The molecule has 3 heterocycles. The summed E-state index contributed by atoms with van der Waals surface area (Å²) in [6, 6.07) is 22.6. The molecule has 4 aromatic rings. The number of methoxy groups -OCH3 is 1. The second-order valence-electron chi connectivity index (χ2n) is 8.90. The van der Waals surface area contributed by atoms with Gasteiger partial charge in [0.05, 0.1) is 41.2 Å². The van der Waals surface area contributed by atoms with Crippen molar-refractivity contribution in [1.82, 2.24) is 19.8 Å². The Kier molecular flexibility index (Phi) is 7.50. The molecule has 2 aromatic carbocycles. The second-order valence-corrected chi connectivity index (χ2v) is 9.29. The highest BCUT2D eigenvalue weighted by molar-refractivity contribution is 7.80. The molecule has 2 N–H and O–H groups in total. The van der Waals surface area contributed by atoms with Gasteiger partial charge < -0.3 is 24.8 Å². The van der Waals surface area contributed by atoms with E-state index in [2.05, 4.69) is 15.6 Å². The van der Waals surface area contributed by atoms with Crippen molar-refractivity contribution in [1.29, 1.82) is 0 Å². The highest BCUT2D eigenvalue weighted by atomic mass is 32.1. The van der Waals surface area contributed by atoms with E-state index in [0.717, 1.165) is 11.4 Å². The third-order valence-electron chi connectivity index (χ3n) is 6.56. The Hall–Kier alpha value is -4.77. The number of hydrogen-bond acceptors (Lipinski definition) is 6. The van der Waals surface area contributed by atoms with Crippen LogP contribution in [0.25, 0.3) is 5.69 Å². The van der Waals surface area contributed by atoms with Gasteiger partial charge >= 0.3 is 0 Å². The molecule has 0 spiro atoms. The van der Waals surface area contributed by atoms with Crippen molar-refractivity contribution >= 4 is 34.6 Å². The molecule has 11 heteroatoms. The highest BCUT2D eigenvalue weighted by Crippen LogP contribution is 2.40. The number of benzene rings is 2. The summed E-state index contributed by atoms with van der Waals surface area (Å²) in [5, 5.41) is 18.2. The van der Waals surface area contributed by atoms with E-state index in [9.17, 15) is 14.9 Å². The number of carbonyl (C=O) groups is 1. The van der Waals surface area contributed by atoms with Gasteiger partial charge in [-0.25, -0.2) is 0 Å². The van der Waals surface area contributed by atoms with Crippen molar-refractivity contribution in [2.45, 2.75) is 18.5 Å². The van der Waals surface area contributed by atoms with Crippen molar-refractivity contribution in [3.8, 4) is 11.4 Å². The summed E-state index contributed by atoms with van der Waals surface area (Å²) in [6.45, 7) is 0.334. The Morgan fingerprint density at radius 3 is 2.72 bits per heavy atom. The quantitative estimate of drug-likeness (QED) is 0.176. The topological polar surface area (TPSA) is 115 Å². The van der Waals surface area contributed by atoms with E-state index in [0.29, 0.717) is 28.8 Å². The van der Waals surface area contributed by atoms with Crippen molar-refractivity contribution in [3.63, 3.8) is 0 Å². The van der Waals surface area contributed by atoms with Gasteiger partial charge in [0.2, 0.25) is 5.91 Å². The van der Waals surface area contributed by atoms with Gasteiger partial charge in [0.15, 0.2) is 5.11 Å². The Bertz CT molecular complexity index is 1510. The molecule has 0 aliphatic carbocycles. The number of ether oxygens (including phenoxy) is 1. The smallest absolute Gasteiger partial charge is 0.271 e. The van der Waals surface area contributed by atoms with E-state index in [1.165, 1.54) is 12.1 Å². The SMILES string of the molecule is COc1ccccc1NC(=O)CCN1C(=S)N[C@@H](c2ccccn2)[C@@H]1c1cccn1-c1cccc([N+](=O)[O-])c1. The standard InChI is InChI=1S/C28H26N6O4S/c1-38-24-13-3-2-10-21(24)30-25(35)14-17-33-27(26(31-28(33)39)22-11-4-5-15-29-22)23-12-7-16-32(23)19-8-6-9-20(18-19)34(36)37/h2-13,15-16,18,26-27H,14,17H2,1H3,(H,30,35)(H,31,39)/t26-,27-/m0/s1. The lowest BCUT2D eigenvalue weighted by molar-refractivity contribution is -0.384. The normalized spacial score (nSPS) is 16.5. The minimum absolute atomic E-state index is 0.00152. The van der Waals surface area contributed by atoms with Crippen LogP contribution in [0, 0.1) is 10.1 Å². The lowest BCUT2D eigenvalue weighted by Gasteiger charge is -2.28. The predicted octanol–water partition coefficient (Wildman–Crippen LogP) is 4.79. The Morgan fingerprint density at radius 2 is 1.95 bits per heavy atom. The lowest BCUT2D eigenvalue weighted by Crippen LogP contribution is -2.33. The van der Waals surface area contributed by atoms with Crippen molar-refractivity contribution in [2.24, 2.45) is 0 Å². The molecule has 39 heavy (non-hydrogen) atoms. The summed E-state index contributed by atoms with van der Waals surface area (Å²) < 4.78 is 7.25. The molecule has 1 amide bonds. The van der Waals surface area contributed by atoms with Crippen LogP contribution in [0.5, 0.6) is 5.75 Å². The number of pyridine rings is 1. The Balaban J connectivity index is 1.46. The number of nitrogens with one attached hydrogen (secondary N) is 2. The van der Waals surface area contributed by atoms with Crippen LogP contribution in [-0.4, -0.2) is 44.0 Å². The molecular formula is C28H26N6O4S. The fourth-order valence-electron chi connectivity index (χ4n) is 4.78. The molecule has 2 atom stereocenters. The number of hydrogen-bond donors (Lipinski definition) is 2. The number of non-ortho nitro benzene ring substituents is 1. The molecule has 10 nitrogen and oxygen atoms in total. The van der Waals surface area contributed by atoms with Gasteiger partial charge in [0, 0.05) is 43.2 Å². The van der Waals surface area contributed by atoms with Crippen molar-refractivity contribution in [2.75, 3.05) is 19.0 Å². The van der Waals surface area contributed by atoms with Crippen LogP contribution >= 0.6 is 12.2 Å². The molecule has 0 radical (unpaired) electrons. The van der Waals surface area contributed by atoms with Crippen LogP contribution in [0.2, 0.25) is 0 Å². The molecule has 198 valence electrons. The number of nitro groups is 1. The maximum Gasteiger partial charge on any atom is 0.271 e. The number of rotatable bonds is 9. The van der Waals surface area contributed by atoms with Gasteiger partial charge in [0.1, 0.15) is 5.75 Å².